The second-order valence-electron chi connectivity index (χ2n) is 8.22. The molecule has 0 radical (unpaired) electrons. The Labute approximate surface area is 247 Å². The molecule has 4 rings (SSSR count). The van der Waals surface area contributed by atoms with Crippen LogP contribution in [0.15, 0.2) is 97.1 Å². The molecule has 0 fully saturated rings. The summed E-state index contributed by atoms with van der Waals surface area (Å²) < 4.78 is 0. The molecule has 2 N–H and O–H groups in total. The van der Waals surface area contributed by atoms with Gasteiger partial charge in [0.2, 0.25) is 11.6 Å². The van der Waals surface area contributed by atoms with Gasteiger partial charge in [0.1, 0.15) is 0 Å². The van der Waals surface area contributed by atoms with Crippen LogP contribution in [0.25, 0.3) is 0 Å². The molecule has 206 valence electrons. The Morgan fingerprint density at radius 1 is 0.550 bits per heavy atom. The molecule has 0 spiro atoms. The molecule has 0 aliphatic heterocycles. The van der Waals surface area contributed by atoms with E-state index >= 15 is 0 Å². The summed E-state index contributed by atoms with van der Waals surface area (Å²) in [6, 6.07) is 22.8. The minimum absolute atomic E-state index is 0.0133. The molecule has 0 aliphatic rings. The molecule has 0 saturated heterocycles. The molecule has 0 heterocycles. The Morgan fingerprint density at radius 2 is 0.900 bits per heavy atom. The maximum atomic E-state index is 13.8. The minimum atomic E-state index is -2.87. The van der Waals surface area contributed by atoms with Gasteiger partial charge in [-0.2, -0.15) is 19.6 Å². The Balaban J connectivity index is 1.91. The first kappa shape index (κ1) is 30.1. The lowest BCUT2D eigenvalue weighted by molar-refractivity contribution is -0.556. The fraction of sp³-hybridized carbons (Fsp3) is 0.0714. The van der Waals surface area contributed by atoms with Gasteiger partial charge in [-0.05, 0) is 36.4 Å². The summed E-state index contributed by atoms with van der Waals surface area (Å²) >= 11 is 24.8. The topological polar surface area (TPSA) is 112 Å². The summed E-state index contributed by atoms with van der Waals surface area (Å²) in [6.45, 7) is 0. The third kappa shape index (κ3) is 5.79. The lowest BCUT2D eigenvalue weighted by Crippen LogP contribution is -2.48. The van der Waals surface area contributed by atoms with Crippen LogP contribution in [0.1, 0.15) is 31.8 Å². The second kappa shape index (κ2) is 12.8. The number of benzene rings is 4. The maximum Gasteiger partial charge on any atom is 0.321 e. The van der Waals surface area contributed by atoms with Crippen LogP contribution in [0.3, 0.4) is 0 Å². The Morgan fingerprint density at radius 3 is 1.20 bits per heavy atom. The summed E-state index contributed by atoms with van der Waals surface area (Å²) in [4.78, 5) is 47.9. The van der Waals surface area contributed by atoms with Crippen LogP contribution in [-0.2, 0) is 31.1 Å². The maximum absolute atomic E-state index is 13.8. The number of Topliss-reactive ketones (excluding diaryl/α,β-unsaturated/α-hetero) is 2. The van der Waals surface area contributed by atoms with Crippen molar-refractivity contribution < 1.29 is 39.7 Å². The van der Waals surface area contributed by atoms with Crippen LogP contribution in [-0.4, -0.2) is 22.1 Å². The van der Waals surface area contributed by atoms with E-state index in [0.29, 0.717) is 0 Å². The second-order valence-corrected chi connectivity index (χ2v) is 9.91. The number of carbonyl (C=O) groups excluding carboxylic acids is 2. The van der Waals surface area contributed by atoms with Crippen LogP contribution in [0.5, 0.6) is 0 Å². The van der Waals surface area contributed by atoms with Gasteiger partial charge in [-0.25, -0.2) is 10.5 Å². The zero-order valence-corrected chi connectivity index (χ0v) is 23.1. The number of hydrogen-bond donors (Lipinski definition) is 2. The summed E-state index contributed by atoms with van der Waals surface area (Å²) in [5.74, 6) is -7.77. The van der Waals surface area contributed by atoms with Crippen molar-refractivity contribution in [2.75, 3.05) is 0 Å². The van der Waals surface area contributed by atoms with E-state index in [1.807, 2.05) is 0 Å². The van der Waals surface area contributed by atoms with Crippen molar-refractivity contribution in [3.63, 3.8) is 0 Å². The third-order valence-electron chi connectivity index (χ3n) is 5.77. The van der Waals surface area contributed by atoms with E-state index in [1.165, 1.54) is 60.7 Å². The number of rotatable bonds is 11. The molecule has 0 amide bonds. The average molecular weight is 624 g/mol. The lowest BCUT2D eigenvalue weighted by atomic mass is 9.95. The van der Waals surface area contributed by atoms with Gasteiger partial charge in [0.15, 0.2) is 0 Å². The van der Waals surface area contributed by atoms with Crippen LogP contribution in [0, 0.1) is 0 Å². The highest BCUT2D eigenvalue weighted by molar-refractivity contribution is 6.36. The molecule has 2 atom stereocenters. The Bertz CT molecular complexity index is 1400. The Hall–Kier alpha value is -2.86. The summed E-state index contributed by atoms with van der Waals surface area (Å²) in [6.07, 6.45) is 0. The number of halogens is 4. The monoisotopic (exact) mass is 622 g/mol. The van der Waals surface area contributed by atoms with Crippen LogP contribution in [0.4, 0.5) is 0 Å². The van der Waals surface area contributed by atoms with Crippen LogP contribution >= 0.6 is 46.4 Å². The number of carbonyl (C=O) groups is 2. The van der Waals surface area contributed by atoms with Gasteiger partial charge in [0, 0.05) is 32.3 Å². The van der Waals surface area contributed by atoms with Crippen molar-refractivity contribution in [3.8, 4) is 0 Å². The van der Waals surface area contributed by atoms with Crippen LogP contribution < -0.4 is 0 Å². The van der Waals surface area contributed by atoms with Crippen molar-refractivity contribution in [2.24, 2.45) is 0 Å². The molecular formula is C28H18Cl4O8. The largest absolute Gasteiger partial charge is 0.321 e. The summed E-state index contributed by atoms with van der Waals surface area (Å²) in [7, 11) is 0. The molecule has 0 saturated carbocycles. The van der Waals surface area contributed by atoms with E-state index in [0.717, 1.165) is 0 Å². The lowest BCUT2D eigenvalue weighted by Gasteiger charge is -2.34. The first-order valence-electron chi connectivity index (χ1n) is 11.3. The van der Waals surface area contributed by atoms with Gasteiger partial charge < -0.3 is 0 Å². The summed E-state index contributed by atoms with van der Waals surface area (Å²) in [5, 5.41) is 20.4. The van der Waals surface area contributed by atoms with Crippen molar-refractivity contribution in [3.05, 3.63) is 139 Å². The van der Waals surface area contributed by atoms with Gasteiger partial charge in [-0.3, -0.25) is 9.59 Å². The van der Waals surface area contributed by atoms with Gasteiger partial charge >= 0.3 is 11.6 Å². The predicted molar refractivity (Wildman–Crippen MR) is 147 cm³/mol. The zero-order chi connectivity index (χ0) is 28.9. The highest BCUT2D eigenvalue weighted by Crippen LogP contribution is 2.42. The fourth-order valence-electron chi connectivity index (χ4n) is 3.81. The minimum Gasteiger partial charge on any atom is -0.287 e. The molecule has 2 unspecified atom stereocenters. The summed E-state index contributed by atoms with van der Waals surface area (Å²) in [5.41, 5.74) is -0.562. The van der Waals surface area contributed by atoms with Gasteiger partial charge in [-0.15, -0.1) is 0 Å². The SMILES string of the molecule is O=C(c1ccccc1)C(OO)(OOC(OO)(C(=O)c1ccccc1)c1ccc(Cl)cc1Cl)c1ccc(Cl)cc1Cl. The highest BCUT2D eigenvalue weighted by atomic mass is 35.5. The van der Waals surface area contributed by atoms with E-state index in [4.69, 9.17) is 56.2 Å². The smallest absolute Gasteiger partial charge is 0.287 e. The third-order valence-corrected chi connectivity index (χ3v) is 6.87. The average Bonchev–Trinajstić information content (AvgIpc) is 2.97. The molecule has 4 aromatic rings. The number of ketones is 2. The standard InChI is InChI=1S/C28H18Cl4O8/c29-19-11-13-21(23(31)15-19)27(37-35,25(33)17-7-3-1-4-8-17)39-40-28(38-36,22-14-12-20(30)16-24(22)32)26(34)18-9-5-2-6-10-18/h1-16,35-36H. The quantitative estimate of drug-likeness (QED) is 0.0748. The molecule has 4 aromatic carbocycles. The van der Waals surface area contributed by atoms with E-state index in [-0.39, 0.29) is 42.3 Å². The first-order valence-corrected chi connectivity index (χ1v) is 12.8. The van der Waals surface area contributed by atoms with Crippen molar-refractivity contribution >= 4 is 58.0 Å². The molecule has 0 aliphatic carbocycles. The van der Waals surface area contributed by atoms with Crippen LogP contribution in [0.2, 0.25) is 20.1 Å². The predicted octanol–water partition coefficient (Wildman–Crippen LogP) is 8.00. The molecule has 8 nitrogen and oxygen atoms in total. The fourth-order valence-corrected chi connectivity index (χ4v) is 4.88. The molecule has 40 heavy (non-hydrogen) atoms. The van der Waals surface area contributed by atoms with Gasteiger partial charge in [0.05, 0.1) is 10.0 Å². The van der Waals surface area contributed by atoms with Gasteiger partial charge in [-0.1, -0.05) is 107 Å². The van der Waals surface area contributed by atoms with E-state index in [1.54, 1.807) is 36.4 Å². The van der Waals surface area contributed by atoms with Gasteiger partial charge in [0.25, 0.3) is 0 Å². The van der Waals surface area contributed by atoms with Crippen molar-refractivity contribution in [1.82, 2.24) is 0 Å². The molecular weight excluding hydrogens is 606 g/mol. The Kier molecular flexibility index (Phi) is 9.60. The molecule has 12 heteroatoms. The molecule has 0 bridgehead atoms. The first-order chi connectivity index (χ1) is 19.2. The number of hydrogen-bond acceptors (Lipinski definition) is 8. The van der Waals surface area contributed by atoms with Crippen molar-refractivity contribution in [2.45, 2.75) is 11.6 Å². The highest BCUT2D eigenvalue weighted by Gasteiger charge is 2.54. The van der Waals surface area contributed by atoms with E-state index in [2.05, 4.69) is 9.78 Å². The normalized spacial score (nSPS) is 14.2. The van der Waals surface area contributed by atoms with Crippen molar-refractivity contribution in [1.29, 1.82) is 0 Å². The van der Waals surface area contributed by atoms with E-state index < -0.39 is 23.1 Å². The van der Waals surface area contributed by atoms with E-state index in [9.17, 15) is 20.1 Å². The molecule has 0 aromatic heterocycles. The zero-order valence-electron chi connectivity index (χ0n) is 20.1.